The molecule has 6 heteroatoms. The lowest BCUT2D eigenvalue weighted by Gasteiger charge is -2.34. The van der Waals surface area contributed by atoms with E-state index in [1.54, 1.807) is 7.11 Å². The maximum Gasteiger partial charge on any atom is 0.195 e. The molecule has 1 aromatic carbocycles. The molecule has 0 bridgehead atoms. The van der Waals surface area contributed by atoms with E-state index in [1.165, 1.54) is 16.9 Å². The van der Waals surface area contributed by atoms with Gasteiger partial charge in [-0.1, -0.05) is 70.4 Å². The number of ether oxygens (including phenoxy) is 1. The lowest BCUT2D eigenvalue weighted by atomic mass is 9.98. The van der Waals surface area contributed by atoms with Gasteiger partial charge in [0, 0.05) is 4.75 Å². The van der Waals surface area contributed by atoms with Crippen molar-refractivity contribution in [1.82, 2.24) is 0 Å². The molecule has 0 saturated carbocycles. The lowest BCUT2D eigenvalue weighted by molar-refractivity contribution is -0.116. The number of methoxy groups -OCH3 is 1. The molecule has 0 aliphatic carbocycles. The summed E-state index contributed by atoms with van der Waals surface area (Å²) in [4.78, 5) is 13.0. The zero-order valence-electron chi connectivity index (χ0n) is 19.0. The Balaban J connectivity index is 3.46. The van der Waals surface area contributed by atoms with Crippen LogP contribution in [0.15, 0.2) is 18.2 Å². The summed E-state index contributed by atoms with van der Waals surface area (Å²) in [5.74, 6) is 0.662. The van der Waals surface area contributed by atoms with Crippen LogP contribution in [0, 0.1) is 5.92 Å². The molecular formula is C21H38O3SSi2. The third kappa shape index (κ3) is 7.76. The minimum Gasteiger partial charge on any atom is -0.497 e. The molecule has 0 amide bonds. The first-order valence-corrected chi connectivity index (χ1v) is 17.4. The third-order valence-electron chi connectivity index (χ3n) is 4.09. The second-order valence-electron chi connectivity index (χ2n) is 10.2. The minimum absolute atomic E-state index is 0.101. The molecule has 0 heterocycles. The maximum absolute atomic E-state index is 13.0. The quantitative estimate of drug-likeness (QED) is 0.514. The summed E-state index contributed by atoms with van der Waals surface area (Å²) in [7, 11) is -1.81. The van der Waals surface area contributed by atoms with Crippen LogP contribution in [0.3, 0.4) is 0 Å². The van der Waals surface area contributed by atoms with Gasteiger partial charge in [-0.15, -0.1) is 0 Å². The van der Waals surface area contributed by atoms with Crippen LogP contribution in [-0.2, 0) is 9.22 Å². The normalized spacial score (nSPS) is 15.4. The van der Waals surface area contributed by atoms with Crippen molar-refractivity contribution in [2.75, 3.05) is 7.11 Å². The Kier molecular flexibility index (Phi) is 8.02. The average Bonchev–Trinajstić information content (AvgIpc) is 2.48. The van der Waals surface area contributed by atoms with E-state index in [4.69, 9.17) is 9.16 Å². The second kappa shape index (κ2) is 8.84. The van der Waals surface area contributed by atoms with E-state index >= 15 is 0 Å². The van der Waals surface area contributed by atoms with E-state index in [0.717, 1.165) is 11.3 Å². The van der Waals surface area contributed by atoms with Gasteiger partial charge in [-0.2, -0.15) is 0 Å². The van der Waals surface area contributed by atoms with Gasteiger partial charge in [0.2, 0.25) is 0 Å². The van der Waals surface area contributed by atoms with Gasteiger partial charge >= 0.3 is 0 Å². The van der Waals surface area contributed by atoms with Crippen LogP contribution >= 0.6 is 11.8 Å². The van der Waals surface area contributed by atoms with Gasteiger partial charge in [-0.25, -0.2) is 0 Å². The Hall–Kier alpha value is -0.566. The van der Waals surface area contributed by atoms with E-state index in [9.17, 15) is 4.79 Å². The highest BCUT2D eigenvalue weighted by Gasteiger charge is 2.36. The van der Waals surface area contributed by atoms with Crippen molar-refractivity contribution in [1.29, 1.82) is 0 Å². The smallest absolute Gasteiger partial charge is 0.195 e. The zero-order valence-corrected chi connectivity index (χ0v) is 21.8. The Morgan fingerprint density at radius 1 is 1.07 bits per heavy atom. The SMILES string of the molecule is COc1ccc([C@@H](O[Si](C)(C)C)[C@@H](C)C(=O)SC(C)(C)C)c([Si](C)(C)C)c1. The highest BCUT2D eigenvalue weighted by molar-refractivity contribution is 8.14. The molecule has 1 rings (SSSR count). The summed E-state index contributed by atoms with van der Waals surface area (Å²) in [5.41, 5.74) is 1.16. The van der Waals surface area contributed by atoms with Gasteiger partial charge in [0.15, 0.2) is 13.4 Å². The van der Waals surface area contributed by atoms with Crippen LogP contribution < -0.4 is 9.92 Å². The zero-order chi connectivity index (χ0) is 21.2. The van der Waals surface area contributed by atoms with E-state index in [2.05, 4.69) is 72.2 Å². The van der Waals surface area contributed by atoms with Gasteiger partial charge in [0.05, 0.1) is 27.2 Å². The molecule has 154 valence electrons. The van der Waals surface area contributed by atoms with Crippen LogP contribution in [0.25, 0.3) is 0 Å². The highest BCUT2D eigenvalue weighted by Crippen LogP contribution is 2.36. The number of carbonyl (C=O) groups is 1. The van der Waals surface area contributed by atoms with Crippen LogP contribution in [0.1, 0.15) is 39.4 Å². The third-order valence-corrected chi connectivity index (χ3v) is 8.28. The monoisotopic (exact) mass is 426 g/mol. The molecule has 0 spiro atoms. The van der Waals surface area contributed by atoms with Crippen molar-refractivity contribution in [3.05, 3.63) is 23.8 Å². The van der Waals surface area contributed by atoms with Crippen LogP contribution in [0.4, 0.5) is 0 Å². The Morgan fingerprint density at radius 3 is 2.04 bits per heavy atom. The van der Waals surface area contributed by atoms with E-state index in [1.807, 2.05) is 13.0 Å². The van der Waals surface area contributed by atoms with Crippen molar-refractivity contribution < 1.29 is 14.0 Å². The minimum atomic E-state index is -1.85. The predicted molar refractivity (Wildman–Crippen MR) is 125 cm³/mol. The largest absolute Gasteiger partial charge is 0.497 e. The Morgan fingerprint density at radius 2 is 1.63 bits per heavy atom. The van der Waals surface area contributed by atoms with Crippen LogP contribution in [-0.4, -0.2) is 33.4 Å². The van der Waals surface area contributed by atoms with Crippen molar-refractivity contribution >= 4 is 38.5 Å². The Bertz CT molecular complexity index is 655. The summed E-state index contributed by atoms with van der Waals surface area (Å²) < 4.78 is 12.0. The number of carbonyl (C=O) groups excluding carboxylic acids is 1. The van der Waals surface area contributed by atoms with E-state index in [0.29, 0.717) is 0 Å². The maximum atomic E-state index is 13.0. The summed E-state index contributed by atoms with van der Waals surface area (Å²) in [6.45, 7) is 21.8. The summed E-state index contributed by atoms with van der Waals surface area (Å²) in [6, 6.07) is 6.26. The number of benzene rings is 1. The molecule has 0 saturated heterocycles. The van der Waals surface area contributed by atoms with Crippen molar-refractivity contribution in [3.8, 4) is 5.75 Å². The average molecular weight is 427 g/mol. The van der Waals surface area contributed by atoms with Crippen LogP contribution in [0.5, 0.6) is 5.75 Å². The Labute approximate surface area is 172 Å². The summed E-state index contributed by atoms with van der Waals surface area (Å²) in [5, 5.41) is 1.51. The van der Waals surface area contributed by atoms with Gasteiger partial charge < -0.3 is 9.16 Å². The number of hydrogen-bond acceptors (Lipinski definition) is 4. The van der Waals surface area contributed by atoms with Crippen molar-refractivity contribution in [2.45, 2.75) is 77.8 Å². The molecule has 0 radical (unpaired) electrons. The fraction of sp³-hybridized carbons (Fsp3) is 0.667. The van der Waals surface area contributed by atoms with Gasteiger partial charge in [0.1, 0.15) is 5.75 Å². The second-order valence-corrected chi connectivity index (χ2v) is 21.5. The number of rotatable bonds is 7. The molecule has 0 aromatic heterocycles. The first kappa shape index (κ1) is 24.5. The van der Waals surface area contributed by atoms with E-state index in [-0.39, 0.29) is 21.9 Å². The molecule has 27 heavy (non-hydrogen) atoms. The lowest BCUT2D eigenvalue weighted by Crippen LogP contribution is -2.44. The summed E-state index contributed by atoms with van der Waals surface area (Å²) >= 11 is 1.42. The number of hydrogen-bond donors (Lipinski definition) is 0. The molecule has 2 atom stereocenters. The molecule has 0 N–H and O–H groups in total. The fourth-order valence-electron chi connectivity index (χ4n) is 2.89. The van der Waals surface area contributed by atoms with Gasteiger partial charge in [0.25, 0.3) is 0 Å². The predicted octanol–water partition coefficient (Wildman–Crippen LogP) is 5.83. The molecular weight excluding hydrogens is 388 g/mol. The molecule has 0 aliphatic heterocycles. The highest BCUT2D eigenvalue weighted by atomic mass is 32.2. The molecule has 1 aromatic rings. The molecule has 0 aliphatic rings. The van der Waals surface area contributed by atoms with Crippen molar-refractivity contribution in [3.63, 3.8) is 0 Å². The molecule has 0 fully saturated rings. The van der Waals surface area contributed by atoms with E-state index < -0.39 is 16.4 Å². The standard InChI is InChI=1S/C21H38O3SSi2/c1-15(20(22)25-21(2,3)4)19(24-27(9,10)11)17-13-12-16(23-5)14-18(17)26(6,7)8/h12-15,19H,1-11H3/t15-,19+/m1/s1. The van der Waals surface area contributed by atoms with Crippen LogP contribution in [0.2, 0.25) is 39.3 Å². The van der Waals surface area contributed by atoms with Gasteiger partial charge in [-0.05, 0) is 37.3 Å². The topological polar surface area (TPSA) is 35.5 Å². The summed E-state index contributed by atoms with van der Waals surface area (Å²) in [6.07, 6.45) is -0.216. The molecule has 0 unspecified atom stereocenters. The van der Waals surface area contributed by atoms with Gasteiger partial charge in [-0.3, -0.25) is 4.79 Å². The van der Waals surface area contributed by atoms with Crippen molar-refractivity contribution in [2.24, 2.45) is 5.92 Å². The fourth-order valence-corrected chi connectivity index (χ4v) is 6.57. The first-order chi connectivity index (χ1) is 12.0. The molecule has 3 nitrogen and oxygen atoms in total. The number of thioether (sulfide) groups is 1. The first-order valence-electron chi connectivity index (χ1n) is 9.64.